The molecule has 0 atom stereocenters. The van der Waals surface area contributed by atoms with Crippen LogP contribution in [0.15, 0.2) is 46.9 Å². The molecule has 3 rings (SSSR count). The maximum Gasteiger partial charge on any atom is 0.344 e. The fourth-order valence-corrected chi connectivity index (χ4v) is 3.81. The Hall–Kier alpha value is -2.76. The van der Waals surface area contributed by atoms with E-state index in [2.05, 4.69) is 13.8 Å². The van der Waals surface area contributed by atoms with E-state index in [9.17, 15) is 4.79 Å². The van der Waals surface area contributed by atoms with E-state index in [1.165, 1.54) is 0 Å². The predicted octanol–water partition coefficient (Wildman–Crippen LogP) is 7.28. The summed E-state index contributed by atoms with van der Waals surface area (Å²) in [7, 11) is 0. The Bertz CT molecular complexity index is 1150. The van der Waals surface area contributed by atoms with Gasteiger partial charge in [0.25, 0.3) is 0 Å². The van der Waals surface area contributed by atoms with E-state index in [-0.39, 0.29) is 18.5 Å². The minimum atomic E-state index is -0.381. The van der Waals surface area contributed by atoms with Gasteiger partial charge in [0.15, 0.2) is 6.61 Å². The van der Waals surface area contributed by atoms with Crippen molar-refractivity contribution in [3.05, 3.63) is 75.1 Å². The minimum Gasteiger partial charge on any atom is -0.482 e. The average molecular weight is 488 g/mol. The van der Waals surface area contributed by atoms with E-state index < -0.39 is 0 Å². The molecule has 0 aliphatic heterocycles. The third kappa shape index (κ3) is 6.62. The van der Waals surface area contributed by atoms with Crippen LogP contribution in [0.4, 0.5) is 0 Å². The van der Waals surface area contributed by atoms with Crippen molar-refractivity contribution in [1.29, 1.82) is 0 Å². The quantitative estimate of drug-likeness (QED) is 0.296. The lowest BCUT2D eigenvalue weighted by Gasteiger charge is -2.09. The normalized spacial score (nSPS) is 11.4. The molecule has 7 heteroatoms. The Labute approximate surface area is 204 Å². The molecule has 0 bridgehead atoms. The SMILES string of the molecule is CCOC(=O)COc1ccc(/C=C/Cc2nc(-c3ccc(Cl)cc3Cl)oc2C(C)C)cc1C. The van der Waals surface area contributed by atoms with E-state index in [1.54, 1.807) is 19.1 Å². The van der Waals surface area contributed by atoms with Crippen molar-refractivity contribution in [1.82, 2.24) is 4.98 Å². The van der Waals surface area contributed by atoms with Crippen LogP contribution in [0, 0.1) is 6.92 Å². The summed E-state index contributed by atoms with van der Waals surface area (Å²) < 4.78 is 16.5. The van der Waals surface area contributed by atoms with Gasteiger partial charge in [0.05, 0.1) is 22.9 Å². The molecular formula is C26H27Cl2NO4. The summed E-state index contributed by atoms with van der Waals surface area (Å²) in [5.74, 6) is 1.78. The fraction of sp³-hybridized carbons (Fsp3) is 0.308. The van der Waals surface area contributed by atoms with Gasteiger partial charge in [0.1, 0.15) is 11.5 Å². The molecule has 3 aromatic rings. The minimum absolute atomic E-state index is 0.103. The number of nitrogens with zero attached hydrogens (tertiary/aromatic N) is 1. The highest BCUT2D eigenvalue weighted by atomic mass is 35.5. The second-order valence-electron chi connectivity index (χ2n) is 7.83. The molecular weight excluding hydrogens is 461 g/mol. The number of hydrogen-bond acceptors (Lipinski definition) is 5. The van der Waals surface area contributed by atoms with Gasteiger partial charge in [-0.05, 0) is 55.3 Å². The van der Waals surface area contributed by atoms with E-state index in [0.717, 1.165) is 22.6 Å². The number of allylic oxidation sites excluding steroid dienone is 1. The number of ether oxygens (including phenoxy) is 2. The van der Waals surface area contributed by atoms with Crippen molar-refractivity contribution in [2.75, 3.05) is 13.2 Å². The lowest BCUT2D eigenvalue weighted by atomic mass is 10.1. The molecule has 174 valence electrons. The van der Waals surface area contributed by atoms with Crippen molar-refractivity contribution in [2.45, 2.75) is 40.0 Å². The molecule has 33 heavy (non-hydrogen) atoms. The van der Waals surface area contributed by atoms with Gasteiger partial charge in [0, 0.05) is 17.4 Å². The summed E-state index contributed by atoms with van der Waals surface area (Å²) in [6.07, 6.45) is 4.68. The first-order valence-corrected chi connectivity index (χ1v) is 11.5. The molecule has 0 unspecified atom stereocenters. The van der Waals surface area contributed by atoms with E-state index in [0.29, 0.717) is 40.3 Å². The van der Waals surface area contributed by atoms with Crippen LogP contribution < -0.4 is 4.74 Å². The Morgan fingerprint density at radius 2 is 1.97 bits per heavy atom. The van der Waals surface area contributed by atoms with Crippen LogP contribution in [-0.4, -0.2) is 24.2 Å². The number of carbonyl (C=O) groups is 1. The van der Waals surface area contributed by atoms with Gasteiger partial charge in [-0.2, -0.15) is 0 Å². The summed E-state index contributed by atoms with van der Waals surface area (Å²) in [6, 6.07) is 11.1. The zero-order valence-electron chi connectivity index (χ0n) is 19.2. The maximum absolute atomic E-state index is 11.5. The lowest BCUT2D eigenvalue weighted by Crippen LogP contribution is -2.14. The highest BCUT2D eigenvalue weighted by molar-refractivity contribution is 6.36. The molecule has 1 aromatic heterocycles. The first kappa shape index (κ1) is 24.9. The summed E-state index contributed by atoms with van der Waals surface area (Å²) in [5.41, 5.74) is 3.54. The Morgan fingerprint density at radius 3 is 2.64 bits per heavy atom. The molecule has 0 aliphatic carbocycles. The molecule has 0 saturated heterocycles. The monoisotopic (exact) mass is 487 g/mol. The Kier molecular flexibility index (Phi) is 8.59. The first-order valence-electron chi connectivity index (χ1n) is 10.8. The zero-order chi connectivity index (χ0) is 24.0. The van der Waals surface area contributed by atoms with Crippen LogP contribution in [0.2, 0.25) is 10.0 Å². The van der Waals surface area contributed by atoms with Gasteiger partial charge in [-0.25, -0.2) is 9.78 Å². The van der Waals surface area contributed by atoms with Gasteiger partial charge in [-0.1, -0.05) is 55.3 Å². The van der Waals surface area contributed by atoms with Crippen molar-refractivity contribution < 1.29 is 18.7 Å². The number of aryl methyl sites for hydroxylation is 1. The second kappa shape index (κ2) is 11.4. The average Bonchev–Trinajstić information content (AvgIpc) is 3.17. The molecule has 5 nitrogen and oxygen atoms in total. The van der Waals surface area contributed by atoms with Crippen molar-refractivity contribution in [2.24, 2.45) is 0 Å². The van der Waals surface area contributed by atoms with Gasteiger partial charge in [-0.15, -0.1) is 0 Å². The van der Waals surface area contributed by atoms with Crippen LogP contribution in [0.25, 0.3) is 17.5 Å². The standard InChI is InChI=1S/C26H27Cl2NO4/c1-5-31-24(30)15-32-23-12-9-18(13-17(23)4)7-6-8-22-25(16(2)3)33-26(29-22)20-11-10-19(27)14-21(20)28/h6-7,9-14,16H,5,8,15H2,1-4H3/b7-6+. The third-order valence-electron chi connectivity index (χ3n) is 4.88. The van der Waals surface area contributed by atoms with E-state index >= 15 is 0 Å². The van der Waals surface area contributed by atoms with Gasteiger partial charge in [-0.3, -0.25) is 0 Å². The van der Waals surface area contributed by atoms with E-state index in [1.807, 2.05) is 43.3 Å². The molecule has 0 aliphatic rings. The molecule has 0 radical (unpaired) electrons. The Morgan fingerprint density at radius 1 is 1.18 bits per heavy atom. The zero-order valence-corrected chi connectivity index (χ0v) is 20.7. The topological polar surface area (TPSA) is 61.6 Å². The van der Waals surface area contributed by atoms with Crippen LogP contribution >= 0.6 is 23.2 Å². The predicted molar refractivity (Wildman–Crippen MR) is 132 cm³/mol. The molecule has 0 N–H and O–H groups in total. The lowest BCUT2D eigenvalue weighted by molar-refractivity contribution is -0.145. The number of rotatable bonds is 9. The smallest absolute Gasteiger partial charge is 0.344 e. The Balaban J connectivity index is 1.72. The number of halogens is 2. The largest absolute Gasteiger partial charge is 0.482 e. The summed E-state index contributed by atoms with van der Waals surface area (Å²) in [4.78, 5) is 16.2. The third-order valence-corrected chi connectivity index (χ3v) is 5.43. The summed E-state index contributed by atoms with van der Waals surface area (Å²) in [6.45, 7) is 8.07. The van der Waals surface area contributed by atoms with E-state index in [4.69, 9.17) is 42.1 Å². The second-order valence-corrected chi connectivity index (χ2v) is 8.68. The van der Waals surface area contributed by atoms with Gasteiger partial charge < -0.3 is 13.9 Å². The molecule has 0 spiro atoms. The number of benzene rings is 2. The van der Waals surface area contributed by atoms with Crippen molar-refractivity contribution in [3.63, 3.8) is 0 Å². The van der Waals surface area contributed by atoms with Crippen LogP contribution in [-0.2, 0) is 16.0 Å². The number of aromatic nitrogens is 1. The number of esters is 1. The molecule has 0 fully saturated rings. The number of hydrogen-bond donors (Lipinski definition) is 0. The maximum atomic E-state index is 11.5. The summed E-state index contributed by atoms with van der Waals surface area (Å²) >= 11 is 12.3. The highest BCUT2D eigenvalue weighted by Gasteiger charge is 2.18. The van der Waals surface area contributed by atoms with Crippen molar-refractivity contribution >= 4 is 35.2 Å². The van der Waals surface area contributed by atoms with Gasteiger partial charge >= 0.3 is 5.97 Å². The molecule has 1 heterocycles. The summed E-state index contributed by atoms with van der Waals surface area (Å²) in [5, 5.41) is 1.07. The molecule has 0 saturated carbocycles. The van der Waals surface area contributed by atoms with Crippen LogP contribution in [0.1, 0.15) is 49.3 Å². The molecule has 0 amide bonds. The molecule has 2 aromatic carbocycles. The van der Waals surface area contributed by atoms with Crippen LogP contribution in [0.3, 0.4) is 0 Å². The first-order chi connectivity index (χ1) is 15.8. The van der Waals surface area contributed by atoms with Crippen molar-refractivity contribution in [3.8, 4) is 17.2 Å². The number of carbonyl (C=O) groups excluding carboxylic acids is 1. The van der Waals surface area contributed by atoms with Crippen LogP contribution in [0.5, 0.6) is 5.75 Å². The van der Waals surface area contributed by atoms with Gasteiger partial charge in [0.2, 0.25) is 5.89 Å². The fourth-order valence-electron chi connectivity index (χ4n) is 3.32. The number of oxazole rings is 1. The highest BCUT2D eigenvalue weighted by Crippen LogP contribution is 2.33.